The molecule has 21 heavy (non-hydrogen) atoms. The zero-order valence-corrected chi connectivity index (χ0v) is 12.6. The minimum atomic E-state index is 0.469. The lowest BCUT2D eigenvalue weighted by atomic mass is 10.1. The van der Waals surface area contributed by atoms with E-state index in [2.05, 4.69) is 31.0 Å². The predicted octanol–water partition coefficient (Wildman–Crippen LogP) is 4.18. The fraction of sp³-hybridized carbons (Fsp3) is 0.222. The first-order chi connectivity index (χ1) is 10.2. The molecule has 0 aliphatic rings. The second-order valence-electron chi connectivity index (χ2n) is 4.75. The SMILES string of the molecule is C=CCOc1ccc(CNc2ccccc2C)cc1OC. The van der Waals surface area contributed by atoms with Crippen molar-refractivity contribution in [1.82, 2.24) is 0 Å². The zero-order valence-electron chi connectivity index (χ0n) is 12.6. The number of benzene rings is 2. The summed E-state index contributed by atoms with van der Waals surface area (Å²) >= 11 is 0. The lowest BCUT2D eigenvalue weighted by molar-refractivity contribution is 0.326. The summed E-state index contributed by atoms with van der Waals surface area (Å²) < 4.78 is 10.9. The van der Waals surface area contributed by atoms with E-state index in [0.29, 0.717) is 6.61 Å². The van der Waals surface area contributed by atoms with Gasteiger partial charge < -0.3 is 14.8 Å². The van der Waals surface area contributed by atoms with Crippen LogP contribution in [0, 0.1) is 6.92 Å². The summed E-state index contributed by atoms with van der Waals surface area (Å²) in [7, 11) is 1.65. The standard InChI is InChI=1S/C18H21NO2/c1-4-11-21-17-10-9-15(12-18(17)20-3)13-19-16-8-6-5-7-14(16)2/h4-10,12,19H,1,11,13H2,2-3H3. The highest BCUT2D eigenvalue weighted by molar-refractivity contribution is 5.51. The molecule has 3 heteroatoms. The number of anilines is 1. The maximum Gasteiger partial charge on any atom is 0.161 e. The number of hydrogen-bond donors (Lipinski definition) is 1. The van der Waals surface area contributed by atoms with Crippen LogP contribution in [-0.4, -0.2) is 13.7 Å². The van der Waals surface area contributed by atoms with Crippen LogP contribution in [0.3, 0.4) is 0 Å². The number of aryl methyl sites for hydroxylation is 1. The smallest absolute Gasteiger partial charge is 0.161 e. The number of ether oxygens (including phenoxy) is 2. The van der Waals surface area contributed by atoms with Gasteiger partial charge in [0.05, 0.1) is 7.11 Å². The van der Waals surface area contributed by atoms with Crippen molar-refractivity contribution in [2.75, 3.05) is 19.0 Å². The molecule has 0 spiro atoms. The van der Waals surface area contributed by atoms with E-state index < -0.39 is 0 Å². The molecule has 3 nitrogen and oxygen atoms in total. The highest BCUT2D eigenvalue weighted by Crippen LogP contribution is 2.28. The van der Waals surface area contributed by atoms with Crippen LogP contribution in [0.4, 0.5) is 5.69 Å². The summed E-state index contributed by atoms with van der Waals surface area (Å²) in [5.74, 6) is 1.47. The molecule has 0 saturated carbocycles. The van der Waals surface area contributed by atoms with Gasteiger partial charge in [0, 0.05) is 12.2 Å². The Balaban J connectivity index is 2.07. The molecule has 0 bridgehead atoms. The molecule has 2 aromatic carbocycles. The Hall–Kier alpha value is -2.42. The maximum absolute atomic E-state index is 5.55. The second kappa shape index (κ2) is 7.39. The minimum absolute atomic E-state index is 0.469. The molecule has 0 amide bonds. The predicted molar refractivity (Wildman–Crippen MR) is 87.2 cm³/mol. The lowest BCUT2D eigenvalue weighted by Gasteiger charge is -2.13. The highest BCUT2D eigenvalue weighted by atomic mass is 16.5. The Morgan fingerprint density at radius 3 is 2.67 bits per heavy atom. The van der Waals surface area contributed by atoms with Crippen molar-refractivity contribution < 1.29 is 9.47 Å². The Labute approximate surface area is 126 Å². The molecule has 110 valence electrons. The van der Waals surface area contributed by atoms with Crippen LogP contribution in [0.15, 0.2) is 55.1 Å². The Kier molecular flexibility index (Phi) is 5.27. The molecule has 0 unspecified atom stereocenters. The molecule has 1 N–H and O–H groups in total. The Bertz CT molecular complexity index is 608. The van der Waals surface area contributed by atoms with Gasteiger partial charge in [-0.25, -0.2) is 0 Å². The van der Waals surface area contributed by atoms with Crippen molar-refractivity contribution in [3.8, 4) is 11.5 Å². The van der Waals surface area contributed by atoms with Crippen LogP contribution in [0.25, 0.3) is 0 Å². The average Bonchev–Trinajstić information content (AvgIpc) is 2.52. The van der Waals surface area contributed by atoms with Crippen molar-refractivity contribution in [3.05, 3.63) is 66.2 Å². The number of hydrogen-bond acceptors (Lipinski definition) is 3. The van der Waals surface area contributed by atoms with Gasteiger partial charge in [0.2, 0.25) is 0 Å². The van der Waals surface area contributed by atoms with E-state index in [1.807, 2.05) is 30.3 Å². The topological polar surface area (TPSA) is 30.5 Å². The highest BCUT2D eigenvalue weighted by Gasteiger charge is 2.05. The van der Waals surface area contributed by atoms with Crippen molar-refractivity contribution in [2.24, 2.45) is 0 Å². The first-order valence-corrected chi connectivity index (χ1v) is 6.94. The fourth-order valence-corrected chi connectivity index (χ4v) is 2.06. The zero-order chi connectivity index (χ0) is 15.1. The summed E-state index contributed by atoms with van der Waals surface area (Å²) in [5.41, 5.74) is 3.51. The molecule has 0 heterocycles. The van der Waals surface area contributed by atoms with Gasteiger partial charge in [0.15, 0.2) is 11.5 Å². The van der Waals surface area contributed by atoms with E-state index in [-0.39, 0.29) is 0 Å². The number of nitrogens with one attached hydrogen (secondary N) is 1. The van der Waals surface area contributed by atoms with E-state index >= 15 is 0 Å². The molecule has 2 aromatic rings. The van der Waals surface area contributed by atoms with Crippen molar-refractivity contribution >= 4 is 5.69 Å². The molecule has 0 aliphatic heterocycles. The van der Waals surface area contributed by atoms with E-state index in [4.69, 9.17) is 9.47 Å². The van der Waals surface area contributed by atoms with Gasteiger partial charge in [-0.15, -0.1) is 0 Å². The maximum atomic E-state index is 5.55. The van der Waals surface area contributed by atoms with Crippen LogP contribution < -0.4 is 14.8 Å². The van der Waals surface area contributed by atoms with Crippen LogP contribution in [0.2, 0.25) is 0 Å². The Morgan fingerprint density at radius 2 is 1.95 bits per heavy atom. The third kappa shape index (κ3) is 4.02. The molecule has 0 saturated heterocycles. The van der Waals surface area contributed by atoms with E-state index in [0.717, 1.165) is 29.3 Å². The largest absolute Gasteiger partial charge is 0.493 e. The Morgan fingerprint density at radius 1 is 1.14 bits per heavy atom. The lowest BCUT2D eigenvalue weighted by Crippen LogP contribution is -2.02. The van der Waals surface area contributed by atoms with Crippen LogP contribution >= 0.6 is 0 Å². The first-order valence-electron chi connectivity index (χ1n) is 6.94. The van der Waals surface area contributed by atoms with Crippen LogP contribution in [-0.2, 0) is 6.54 Å². The fourth-order valence-electron chi connectivity index (χ4n) is 2.06. The van der Waals surface area contributed by atoms with Crippen LogP contribution in [0.1, 0.15) is 11.1 Å². The molecule has 0 aromatic heterocycles. The van der Waals surface area contributed by atoms with E-state index in [1.54, 1.807) is 13.2 Å². The van der Waals surface area contributed by atoms with Crippen molar-refractivity contribution in [2.45, 2.75) is 13.5 Å². The number of rotatable bonds is 7. The van der Waals surface area contributed by atoms with Crippen molar-refractivity contribution in [1.29, 1.82) is 0 Å². The molecule has 0 aliphatic carbocycles. The van der Waals surface area contributed by atoms with Gasteiger partial charge in [0.1, 0.15) is 6.61 Å². The molecule has 0 atom stereocenters. The summed E-state index contributed by atoms with van der Waals surface area (Å²) in [6.45, 7) is 6.95. The number of methoxy groups -OCH3 is 1. The third-order valence-electron chi connectivity index (χ3n) is 3.21. The minimum Gasteiger partial charge on any atom is -0.493 e. The quantitative estimate of drug-likeness (QED) is 0.773. The summed E-state index contributed by atoms with van der Waals surface area (Å²) in [6.07, 6.45) is 1.72. The molecular formula is C18H21NO2. The molecule has 0 radical (unpaired) electrons. The van der Waals surface area contributed by atoms with Crippen molar-refractivity contribution in [3.63, 3.8) is 0 Å². The normalized spacial score (nSPS) is 10.0. The van der Waals surface area contributed by atoms with E-state index in [1.165, 1.54) is 5.56 Å². The summed E-state index contributed by atoms with van der Waals surface area (Å²) in [4.78, 5) is 0. The van der Waals surface area contributed by atoms with E-state index in [9.17, 15) is 0 Å². The molecule has 0 fully saturated rings. The van der Waals surface area contributed by atoms with Gasteiger partial charge in [-0.05, 0) is 36.2 Å². The summed E-state index contributed by atoms with van der Waals surface area (Å²) in [5, 5.41) is 3.43. The molecular weight excluding hydrogens is 262 g/mol. The number of para-hydroxylation sites is 1. The van der Waals surface area contributed by atoms with Gasteiger partial charge in [-0.3, -0.25) is 0 Å². The molecule has 2 rings (SSSR count). The van der Waals surface area contributed by atoms with Gasteiger partial charge in [-0.1, -0.05) is 36.9 Å². The third-order valence-corrected chi connectivity index (χ3v) is 3.21. The van der Waals surface area contributed by atoms with Gasteiger partial charge in [-0.2, -0.15) is 0 Å². The van der Waals surface area contributed by atoms with Crippen LogP contribution in [0.5, 0.6) is 11.5 Å². The monoisotopic (exact) mass is 283 g/mol. The first kappa shape index (κ1) is 15.0. The van der Waals surface area contributed by atoms with Gasteiger partial charge >= 0.3 is 0 Å². The van der Waals surface area contributed by atoms with Gasteiger partial charge in [0.25, 0.3) is 0 Å². The second-order valence-corrected chi connectivity index (χ2v) is 4.75. The summed E-state index contributed by atoms with van der Waals surface area (Å²) in [6, 6.07) is 14.2. The average molecular weight is 283 g/mol.